The predicted molar refractivity (Wildman–Crippen MR) is 97.6 cm³/mol. The smallest absolute Gasteiger partial charge is 0.254 e. The van der Waals surface area contributed by atoms with E-state index in [1.807, 2.05) is 20.8 Å². The molecule has 0 saturated carbocycles. The fourth-order valence-electron chi connectivity index (χ4n) is 3.15. The van der Waals surface area contributed by atoms with Crippen LogP contribution in [0, 0.1) is 0 Å². The second-order valence-corrected chi connectivity index (χ2v) is 6.35. The molecular formula is C19H29N3O3. The highest BCUT2D eigenvalue weighted by atomic mass is 16.5. The highest BCUT2D eigenvalue weighted by Crippen LogP contribution is 2.23. The Bertz CT molecular complexity index is 584. The maximum atomic E-state index is 12.9. The van der Waals surface area contributed by atoms with Crippen LogP contribution >= 0.6 is 0 Å². The van der Waals surface area contributed by atoms with Gasteiger partial charge in [-0.2, -0.15) is 0 Å². The highest BCUT2D eigenvalue weighted by molar-refractivity contribution is 5.98. The Kier molecular flexibility index (Phi) is 6.82. The molecule has 6 nitrogen and oxygen atoms in total. The zero-order valence-corrected chi connectivity index (χ0v) is 15.4. The van der Waals surface area contributed by atoms with E-state index in [4.69, 9.17) is 10.5 Å². The number of nitrogens with zero attached hydrogens (tertiary/aromatic N) is 2. The van der Waals surface area contributed by atoms with E-state index in [0.717, 1.165) is 12.2 Å². The van der Waals surface area contributed by atoms with Gasteiger partial charge >= 0.3 is 0 Å². The standard InChI is InChI=1S/C19H29N3O3/c1-4-11-25-16-9-7-14(8-10-16)18(23)22-13-15(20)12-17(22)19(24)21(5-2)6-3/h7-10,15,17H,4-6,11-13,20H2,1-3H3. The van der Waals surface area contributed by atoms with Crippen molar-refractivity contribution in [3.05, 3.63) is 29.8 Å². The van der Waals surface area contributed by atoms with Crippen molar-refractivity contribution >= 4 is 11.8 Å². The van der Waals surface area contributed by atoms with Crippen molar-refractivity contribution in [1.29, 1.82) is 0 Å². The Morgan fingerprint density at radius 1 is 1.20 bits per heavy atom. The van der Waals surface area contributed by atoms with Gasteiger partial charge in [-0.05, 0) is 51.0 Å². The number of carbonyl (C=O) groups excluding carboxylic acids is 2. The molecule has 0 aliphatic carbocycles. The number of benzene rings is 1. The van der Waals surface area contributed by atoms with E-state index >= 15 is 0 Å². The largest absolute Gasteiger partial charge is 0.494 e. The minimum absolute atomic E-state index is 0.0193. The molecule has 1 fully saturated rings. The topological polar surface area (TPSA) is 75.9 Å². The van der Waals surface area contributed by atoms with Gasteiger partial charge in [-0.1, -0.05) is 6.92 Å². The summed E-state index contributed by atoms with van der Waals surface area (Å²) in [4.78, 5) is 29.0. The van der Waals surface area contributed by atoms with E-state index < -0.39 is 6.04 Å². The Hall–Kier alpha value is -2.08. The molecule has 2 amide bonds. The maximum absolute atomic E-state index is 12.9. The van der Waals surface area contributed by atoms with Gasteiger partial charge in [0, 0.05) is 31.2 Å². The van der Waals surface area contributed by atoms with Gasteiger partial charge in [-0.15, -0.1) is 0 Å². The average molecular weight is 347 g/mol. The first-order valence-electron chi connectivity index (χ1n) is 9.09. The molecule has 1 heterocycles. The monoisotopic (exact) mass is 347 g/mol. The molecule has 2 atom stereocenters. The van der Waals surface area contributed by atoms with E-state index in [0.29, 0.717) is 38.2 Å². The van der Waals surface area contributed by atoms with Gasteiger partial charge < -0.3 is 20.3 Å². The molecule has 6 heteroatoms. The van der Waals surface area contributed by atoms with Crippen LogP contribution < -0.4 is 10.5 Å². The van der Waals surface area contributed by atoms with Crippen molar-refractivity contribution in [1.82, 2.24) is 9.80 Å². The number of carbonyl (C=O) groups is 2. The Morgan fingerprint density at radius 2 is 1.84 bits per heavy atom. The SMILES string of the molecule is CCCOc1ccc(C(=O)N2CC(N)CC2C(=O)N(CC)CC)cc1. The van der Waals surface area contributed by atoms with Gasteiger partial charge in [0.1, 0.15) is 11.8 Å². The fraction of sp³-hybridized carbons (Fsp3) is 0.579. The summed E-state index contributed by atoms with van der Waals surface area (Å²) in [7, 11) is 0. The van der Waals surface area contributed by atoms with Crippen molar-refractivity contribution in [3.63, 3.8) is 0 Å². The van der Waals surface area contributed by atoms with Crippen LogP contribution in [0.15, 0.2) is 24.3 Å². The Morgan fingerprint density at radius 3 is 2.40 bits per heavy atom. The molecule has 138 valence electrons. The number of likely N-dealkylation sites (N-methyl/N-ethyl adjacent to an activating group) is 1. The second-order valence-electron chi connectivity index (χ2n) is 6.35. The predicted octanol–water partition coefficient (Wildman–Crippen LogP) is 1.89. The zero-order valence-electron chi connectivity index (χ0n) is 15.4. The first-order chi connectivity index (χ1) is 12.0. The second kappa shape index (κ2) is 8.85. The van der Waals surface area contributed by atoms with Crippen LogP contribution in [0.3, 0.4) is 0 Å². The lowest BCUT2D eigenvalue weighted by atomic mass is 10.1. The lowest BCUT2D eigenvalue weighted by Gasteiger charge is -2.29. The molecular weight excluding hydrogens is 318 g/mol. The number of hydrogen-bond acceptors (Lipinski definition) is 4. The molecule has 25 heavy (non-hydrogen) atoms. The molecule has 1 aromatic carbocycles. The van der Waals surface area contributed by atoms with Gasteiger partial charge in [0.05, 0.1) is 6.61 Å². The summed E-state index contributed by atoms with van der Waals surface area (Å²) >= 11 is 0. The van der Waals surface area contributed by atoms with Gasteiger partial charge in [0.2, 0.25) is 5.91 Å². The van der Waals surface area contributed by atoms with Gasteiger partial charge in [-0.3, -0.25) is 9.59 Å². The molecule has 1 saturated heterocycles. The van der Waals surface area contributed by atoms with Gasteiger partial charge in [0.15, 0.2) is 0 Å². The number of ether oxygens (including phenoxy) is 1. The lowest BCUT2D eigenvalue weighted by molar-refractivity contribution is -0.134. The summed E-state index contributed by atoms with van der Waals surface area (Å²) in [5.41, 5.74) is 6.60. The molecule has 1 aliphatic heterocycles. The number of hydrogen-bond donors (Lipinski definition) is 1. The minimum Gasteiger partial charge on any atom is -0.494 e. The quantitative estimate of drug-likeness (QED) is 0.817. The molecule has 2 rings (SSSR count). The summed E-state index contributed by atoms with van der Waals surface area (Å²) in [6.45, 7) is 8.24. The van der Waals surface area contributed by atoms with Crippen LogP contribution in [-0.2, 0) is 4.79 Å². The zero-order chi connectivity index (χ0) is 18.4. The van der Waals surface area contributed by atoms with Crippen LogP contribution in [0.5, 0.6) is 5.75 Å². The number of likely N-dealkylation sites (tertiary alicyclic amines) is 1. The average Bonchev–Trinajstić information content (AvgIpc) is 3.02. The molecule has 2 N–H and O–H groups in total. The van der Waals surface area contributed by atoms with Crippen molar-refractivity contribution in [2.75, 3.05) is 26.2 Å². The third-order valence-electron chi connectivity index (χ3n) is 4.53. The summed E-state index contributed by atoms with van der Waals surface area (Å²) in [6, 6.07) is 6.44. The molecule has 0 bridgehead atoms. The van der Waals surface area contributed by atoms with E-state index in [2.05, 4.69) is 0 Å². The minimum atomic E-state index is -0.474. The first kappa shape index (κ1) is 19.2. The molecule has 2 unspecified atom stereocenters. The third kappa shape index (κ3) is 4.51. The molecule has 0 spiro atoms. The van der Waals surface area contributed by atoms with Crippen molar-refractivity contribution in [3.8, 4) is 5.75 Å². The van der Waals surface area contributed by atoms with E-state index in [9.17, 15) is 9.59 Å². The molecule has 1 aliphatic rings. The normalized spacial score (nSPS) is 19.8. The highest BCUT2D eigenvalue weighted by Gasteiger charge is 2.39. The van der Waals surface area contributed by atoms with Crippen LogP contribution in [0.4, 0.5) is 0 Å². The molecule has 0 radical (unpaired) electrons. The summed E-state index contributed by atoms with van der Waals surface area (Å²) in [6.07, 6.45) is 1.44. The first-order valence-corrected chi connectivity index (χ1v) is 9.09. The third-order valence-corrected chi connectivity index (χ3v) is 4.53. The number of amides is 2. The van der Waals surface area contributed by atoms with Crippen molar-refractivity contribution in [2.45, 2.75) is 45.7 Å². The van der Waals surface area contributed by atoms with Crippen LogP contribution in [0.1, 0.15) is 44.0 Å². The Labute approximate surface area is 149 Å². The summed E-state index contributed by atoms with van der Waals surface area (Å²) in [5, 5.41) is 0. The van der Waals surface area contributed by atoms with E-state index in [1.54, 1.807) is 34.1 Å². The summed E-state index contributed by atoms with van der Waals surface area (Å²) in [5.74, 6) is 0.571. The molecule has 0 aromatic heterocycles. The number of nitrogens with two attached hydrogens (primary N) is 1. The lowest BCUT2D eigenvalue weighted by Crippen LogP contribution is -2.47. The van der Waals surface area contributed by atoms with E-state index in [-0.39, 0.29) is 17.9 Å². The summed E-state index contributed by atoms with van der Waals surface area (Å²) < 4.78 is 5.55. The van der Waals surface area contributed by atoms with Crippen molar-refractivity contribution in [2.24, 2.45) is 5.73 Å². The maximum Gasteiger partial charge on any atom is 0.254 e. The Balaban J connectivity index is 2.14. The fourth-order valence-corrected chi connectivity index (χ4v) is 3.15. The van der Waals surface area contributed by atoms with E-state index in [1.165, 1.54) is 0 Å². The van der Waals surface area contributed by atoms with Gasteiger partial charge in [-0.25, -0.2) is 0 Å². The number of rotatable bonds is 7. The van der Waals surface area contributed by atoms with Crippen molar-refractivity contribution < 1.29 is 14.3 Å². The molecule has 1 aromatic rings. The van der Waals surface area contributed by atoms with Crippen LogP contribution in [0.25, 0.3) is 0 Å². The van der Waals surface area contributed by atoms with Crippen LogP contribution in [-0.4, -0.2) is 59.9 Å². The van der Waals surface area contributed by atoms with Crippen LogP contribution in [0.2, 0.25) is 0 Å². The van der Waals surface area contributed by atoms with Gasteiger partial charge in [0.25, 0.3) is 5.91 Å².